The standard InChI is InChI=1S/C18H13BrCl2N4O3/c1-10-2-3-11(6-16(10)25(27)28)18(26)22-17-14(19)9-24(23-17)8-12-4-5-13(20)7-15(12)21/h2-7,9H,8H2,1H3,(H,22,23,26). The molecule has 0 bridgehead atoms. The van der Waals surface area contributed by atoms with E-state index >= 15 is 0 Å². The number of anilines is 1. The van der Waals surface area contributed by atoms with E-state index in [0.29, 0.717) is 32.4 Å². The number of halogens is 3. The van der Waals surface area contributed by atoms with Gasteiger partial charge in [0.25, 0.3) is 11.6 Å². The zero-order valence-electron chi connectivity index (χ0n) is 14.4. The summed E-state index contributed by atoms with van der Waals surface area (Å²) in [6.45, 7) is 1.99. The minimum Gasteiger partial charge on any atom is -0.304 e. The molecule has 0 saturated heterocycles. The molecule has 0 spiro atoms. The molecule has 0 aliphatic heterocycles. The van der Waals surface area contributed by atoms with Crippen LogP contribution in [0.25, 0.3) is 0 Å². The van der Waals surface area contributed by atoms with Crippen molar-refractivity contribution in [2.24, 2.45) is 0 Å². The predicted molar refractivity (Wildman–Crippen MR) is 111 cm³/mol. The highest BCUT2D eigenvalue weighted by Gasteiger charge is 2.17. The molecule has 0 atom stereocenters. The van der Waals surface area contributed by atoms with E-state index in [2.05, 4.69) is 26.3 Å². The van der Waals surface area contributed by atoms with Crippen LogP contribution in [0.2, 0.25) is 10.0 Å². The van der Waals surface area contributed by atoms with Crippen molar-refractivity contribution in [2.75, 3.05) is 5.32 Å². The lowest BCUT2D eigenvalue weighted by molar-refractivity contribution is -0.385. The average molecular weight is 484 g/mol. The maximum atomic E-state index is 12.5. The second kappa shape index (κ2) is 8.30. The second-order valence-corrected chi connectivity index (χ2v) is 7.67. The van der Waals surface area contributed by atoms with Crippen molar-refractivity contribution in [2.45, 2.75) is 13.5 Å². The van der Waals surface area contributed by atoms with Crippen molar-refractivity contribution in [1.29, 1.82) is 0 Å². The molecule has 0 radical (unpaired) electrons. The molecule has 0 aliphatic carbocycles. The maximum absolute atomic E-state index is 12.5. The minimum atomic E-state index is -0.521. The summed E-state index contributed by atoms with van der Waals surface area (Å²) in [5, 5.41) is 19.1. The van der Waals surface area contributed by atoms with Gasteiger partial charge in [-0.1, -0.05) is 35.3 Å². The predicted octanol–water partition coefficient (Wildman–Crippen LogP) is 5.47. The second-order valence-electron chi connectivity index (χ2n) is 5.97. The number of amides is 1. The van der Waals surface area contributed by atoms with Crippen LogP contribution < -0.4 is 5.32 Å². The molecule has 28 heavy (non-hydrogen) atoms. The van der Waals surface area contributed by atoms with E-state index in [4.69, 9.17) is 23.2 Å². The summed E-state index contributed by atoms with van der Waals surface area (Å²) in [5.74, 6) is -0.211. The van der Waals surface area contributed by atoms with Crippen LogP contribution in [0.5, 0.6) is 0 Å². The number of hydrogen-bond donors (Lipinski definition) is 1. The van der Waals surface area contributed by atoms with Crippen LogP contribution in [0.1, 0.15) is 21.5 Å². The fraction of sp³-hybridized carbons (Fsp3) is 0.111. The highest BCUT2D eigenvalue weighted by atomic mass is 79.9. The van der Waals surface area contributed by atoms with Crippen LogP contribution in [0.4, 0.5) is 11.5 Å². The lowest BCUT2D eigenvalue weighted by Gasteiger charge is -2.06. The summed E-state index contributed by atoms with van der Waals surface area (Å²) in [6, 6.07) is 9.46. The van der Waals surface area contributed by atoms with Crippen molar-refractivity contribution >= 4 is 56.5 Å². The first-order valence-electron chi connectivity index (χ1n) is 7.98. The summed E-state index contributed by atoms with van der Waals surface area (Å²) in [4.78, 5) is 23.0. The fourth-order valence-corrected chi connectivity index (χ4v) is 3.40. The molecule has 144 valence electrons. The van der Waals surface area contributed by atoms with Gasteiger partial charge in [-0.3, -0.25) is 19.6 Å². The molecule has 2 aromatic carbocycles. The molecule has 10 heteroatoms. The zero-order chi connectivity index (χ0) is 20.4. The molecule has 1 aromatic heterocycles. The van der Waals surface area contributed by atoms with Gasteiger partial charge < -0.3 is 5.32 Å². The third-order valence-corrected chi connectivity index (χ3v) is 5.13. The van der Waals surface area contributed by atoms with Gasteiger partial charge in [0.05, 0.1) is 15.9 Å². The van der Waals surface area contributed by atoms with Gasteiger partial charge in [-0.25, -0.2) is 0 Å². The van der Waals surface area contributed by atoms with E-state index < -0.39 is 10.8 Å². The Bertz CT molecular complexity index is 1080. The molecule has 0 saturated carbocycles. The SMILES string of the molecule is Cc1ccc(C(=O)Nc2nn(Cc3ccc(Cl)cc3Cl)cc2Br)cc1[N+](=O)[O-]. The fourth-order valence-electron chi connectivity index (χ4n) is 2.51. The third kappa shape index (κ3) is 4.52. The molecule has 0 aliphatic rings. The van der Waals surface area contributed by atoms with Gasteiger partial charge in [-0.2, -0.15) is 5.10 Å². The van der Waals surface area contributed by atoms with Gasteiger partial charge in [0.2, 0.25) is 0 Å². The highest BCUT2D eigenvalue weighted by Crippen LogP contribution is 2.25. The third-order valence-electron chi connectivity index (χ3n) is 3.96. The maximum Gasteiger partial charge on any atom is 0.273 e. The van der Waals surface area contributed by atoms with Crippen molar-refractivity contribution in [3.63, 3.8) is 0 Å². The van der Waals surface area contributed by atoms with Gasteiger partial charge in [-0.15, -0.1) is 0 Å². The molecule has 0 unspecified atom stereocenters. The van der Waals surface area contributed by atoms with Crippen LogP contribution in [-0.4, -0.2) is 20.6 Å². The first kappa shape index (κ1) is 20.3. The van der Waals surface area contributed by atoms with E-state index in [-0.39, 0.29) is 11.3 Å². The highest BCUT2D eigenvalue weighted by molar-refractivity contribution is 9.10. The molecule has 1 N–H and O–H groups in total. The van der Waals surface area contributed by atoms with Gasteiger partial charge in [-0.05, 0) is 46.6 Å². The van der Waals surface area contributed by atoms with Crippen molar-refractivity contribution < 1.29 is 9.72 Å². The molecule has 1 heterocycles. The van der Waals surface area contributed by atoms with E-state index in [9.17, 15) is 14.9 Å². The molecular formula is C18H13BrCl2N4O3. The Hall–Kier alpha value is -2.42. The molecule has 0 fully saturated rings. The number of nitro groups is 1. The van der Waals surface area contributed by atoms with Crippen molar-refractivity contribution in [3.8, 4) is 0 Å². The number of aryl methyl sites for hydroxylation is 1. The molecule has 3 rings (SSSR count). The number of carbonyl (C=O) groups excluding carboxylic acids is 1. The number of rotatable bonds is 5. The lowest BCUT2D eigenvalue weighted by atomic mass is 10.1. The summed E-state index contributed by atoms with van der Waals surface area (Å²) in [5.41, 5.74) is 1.34. The van der Waals surface area contributed by atoms with Gasteiger partial charge in [0.1, 0.15) is 0 Å². The number of carbonyl (C=O) groups is 1. The number of nitro benzene ring substituents is 1. The Morgan fingerprint density at radius 2 is 2.04 bits per heavy atom. The van der Waals surface area contributed by atoms with Gasteiger partial charge in [0, 0.05) is 33.4 Å². The van der Waals surface area contributed by atoms with Crippen LogP contribution >= 0.6 is 39.1 Å². The largest absolute Gasteiger partial charge is 0.304 e. The van der Waals surface area contributed by atoms with Crippen LogP contribution in [0.15, 0.2) is 47.1 Å². The lowest BCUT2D eigenvalue weighted by Crippen LogP contribution is -2.13. The first-order valence-corrected chi connectivity index (χ1v) is 9.53. The normalized spacial score (nSPS) is 10.7. The topological polar surface area (TPSA) is 90.1 Å². The van der Waals surface area contributed by atoms with Crippen LogP contribution in [-0.2, 0) is 6.54 Å². The number of hydrogen-bond acceptors (Lipinski definition) is 4. The summed E-state index contributed by atoms with van der Waals surface area (Å²) < 4.78 is 2.17. The number of benzene rings is 2. The zero-order valence-corrected chi connectivity index (χ0v) is 17.5. The summed E-state index contributed by atoms with van der Waals surface area (Å²) in [7, 11) is 0. The molecule has 3 aromatic rings. The first-order chi connectivity index (χ1) is 13.2. The Kier molecular flexibility index (Phi) is 6.02. The Balaban J connectivity index is 1.79. The van der Waals surface area contributed by atoms with Crippen molar-refractivity contribution in [1.82, 2.24) is 9.78 Å². The minimum absolute atomic E-state index is 0.116. The van der Waals surface area contributed by atoms with Gasteiger partial charge in [0.15, 0.2) is 5.82 Å². The monoisotopic (exact) mass is 482 g/mol. The Labute approximate surface area is 178 Å². The van der Waals surface area contributed by atoms with Gasteiger partial charge >= 0.3 is 0 Å². The van der Waals surface area contributed by atoms with E-state index in [1.165, 1.54) is 18.2 Å². The smallest absolute Gasteiger partial charge is 0.273 e. The van der Waals surface area contributed by atoms with E-state index in [1.54, 1.807) is 36.0 Å². The molecule has 7 nitrogen and oxygen atoms in total. The quantitative estimate of drug-likeness (QED) is 0.384. The number of nitrogens with one attached hydrogen (secondary N) is 1. The summed E-state index contributed by atoms with van der Waals surface area (Å²) >= 11 is 15.4. The van der Waals surface area contributed by atoms with E-state index in [1.807, 2.05) is 0 Å². The molecule has 1 amide bonds. The number of aromatic nitrogens is 2. The molecular weight excluding hydrogens is 471 g/mol. The Morgan fingerprint density at radius 3 is 2.71 bits per heavy atom. The van der Waals surface area contributed by atoms with Crippen LogP contribution in [0, 0.1) is 17.0 Å². The summed E-state index contributed by atoms with van der Waals surface area (Å²) in [6.07, 6.45) is 1.69. The van der Waals surface area contributed by atoms with E-state index in [0.717, 1.165) is 5.56 Å². The number of nitrogens with zero attached hydrogens (tertiary/aromatic N) is 3. The average Bonchev–Trinajstić information content (AvgIpc) is 2.96. The van der Waals surface area contributed by atoms with Crippen molar-refractivity contribution in [3.05, 3.63) is 83.9 Å². The van der Waals surface area contributed by atoms with Crippen LogP contribution in [0.3, 0.4) is 0 Å². The Morgan fingerprint density at radius 1 is 1.29 bits per heavy atom.